The van der Waals surface area contributed by atoms with Gasteiger partial charge in [-0.05, 0) is 42.8 Å². The zero-order valence-corrected chi connectivity index (χ0v) is 11.6. The van der Waals surface area contributed by atoms with Crippen molar-refractivity contribution in [3.8, 4) is 0 Å². The maximum Gasteiger partial charge on any atom is 0.188 e. The second kappa shape index (κ2) is 4.79. The topological polar surface area (TPSA) is 24.9 Å². The molecule has 0 saturated heterocycles. The van der Waals surface area contributed by atoms with E-state index in [-0.39, 0.29) is 5.82 Å². The van der Waals surface area contributed by atoms with Crippen LogP contribution in [0.25, 0.3) is 10.2 Å². The van der Waals surface area contributed by atoms with Gasteiger partial charge < -0.3 is 5.32 Å². The molecule has 19 heavy (non-hydrogen) atoms. The van der Waals surface area contributed by atoms with E-state index in [1.54, 1.807) is 6.07 Å². The van der Waals surface area contributed by atoms with Crippen molar-refractivity contribution in [1.29, 1.82) is 0 Å². The standard InChI is InChI=1S/C14H10ClFN2S/c1-8-2-3-12-13(4-8)19-14(18-12)17-11-6-9(15)5-10(16)7-11/h2-7H,1H3,(H,17,18). The summed E-state index contributed by atoms with van der Waals surface area (Å²) in [5.41, 5.74) is 2.72. The van der Waals surface area contributed by atoms with Gasteiger partial charge in [-0.25, -0.2) is 9.37 Å². The lowest BCUT2D eigenvalue weighted by Crippen LogP contribution is -1.90. The Labute approximate surface area is 118 Å². The lowest BCUT2D eigenvalue weighted by molar-refractivity contribution is 0.628. The van der Waals surface area contributed by atoms with Crippen molar-refractivity contribution >= 4 is 44.0 Å². The Morgan fingerprint density at radius 3 is 2.84 bits per heavy atom. The monoisotopic (exact) mass is 292 g/mol. The van der Waals surface area contributed by atoms with Crippen LogP contribution in [0.3, 0.4) is 0 Å². The summed E-state index contributed by atoms with van der Waals surface area (Å²) in [7, 11) is 0. The van der Waals surface area contributed by atoms with E-state index in [1.807, 2.05) is 19.1 Å². The highest BCUT2D eigenvalue weighted by atomic mass is 35.5. The molecule has 5 heteroatoms. The summed E-state index contributed by atoms with van der Waals surface area (Å²) < 4.78 is 14.3. The maximum atomic E-state index is 13.2. The number of aryl methyl sites for hydroxylation is 1. The molecule has 1 heterocycles. The average Bonchev–Trinajstić information content (AvgIpc) is 2.68. The van der Waals surface area contributed by atoms with Crippen LogP contribution >= 0.6 is 22.9 Å². The van der Waals surface area contributed by atoms with Crippen LogP contribution < -0.4 is 5.32 Å². The zero-order chi connectivity index (χ0) is 13.4. The van der Waals surface area contributed by atoms with Gasteiger partial charge in [0.15, 0.2) is 5.13 Å². The van der Waals surface area contributed by atoms with Crippen molar-refractivity contribution in [3.05, 3.63) is 52.8 Å². The number of halogens is 2. The van der Waals surface area contributed by atoms with Crippen molar-refractivity contribution in [1.82, 2.24) is 4.98 Å². The minimum Gasteiger partial charge on any atom is -0.331 e. The zero-order valence-electron chi connectivity index (χ0n) is 10.1. The summed E-state index contributed by atoms with van der Waals surface area (Å²) in [6, 6.07) is 10.4. The summed E-state index contributed by atoms with van der Waals surface area (Å²) >= 11 is 7.35. The number of hydrogen-bond donors (Lipinski definition) is 1. The first-order valence-corrected chi connectivity index (χ1v) is 6.90. The number of benzene rings is 2. The maximum absolute atomic E-state index is 13.2. The Kier molecular flexibility index (Phi) is 3.12. The van der Waals surface area contributed by atoms with Gasteiger partial charge in [0.05, 0.1) is 10.2 Å². The number of thiazole rings is 1. The predicted molar refractivity (Wildman–Crippen MR) is 79.0 cm³/mol. The highest BCUT2D eigenvalue weighted by molar-refractivity contribution is 7.22. The van der Waals surface area contributed by atoms with Gasteiger partial charge in [-0.2, -0.15) is 0 Å². The largest absolute Gasteiger partial charge is 0.331 e. The van der Waals surface area contributed by atoms with Crippen LogP contribution in [0.15, 0.2) is 36.4 Å². The molecule has 0 bridgehead atoms. The molecule has 1 N–H and O–H groups in total. The molecule has 0 aliphatic heterocycles. The van der Waals surface area contributed by atoms with Crippen LogP contribution in [-0.4, -0.2) is 4.98 Å². The second-order valence-electron chi connectivity index (χ2n) is 4.27. The van der Waals surface area contributed by atoms with Gasteiger partial charge in [0.1, 0.15) is 5.82 Å². The van der Waals surface area contributed by atoms with Crippen LogP contribution in [0.1, 0.15) is 5.56 Å². The SMILES string of the molecule is Cc1ccc2nc(Nc3cc(F)cc(Cl)c3)sc2c1. The Hall–Kier alpha value is -1.65. The van der Waals surface area contributed by atoms with Gasteiger partial charge in [-0.3, -0.25) is 0 Å². The van der Waals surface area contributed by atoms with E-state index in [9.17, 15) is 4.39 Å². The number of aromatic nitrogens is 1. The molecule has 0 radical (unpaired) electrons. The van der Waals surface area contributed by atoms with Crippen LogP contribution in [0.2, 0.25) is 5.02 Å². The summed E-state index contributed by atoms with van der Waals surface area (Å²) in [6.45, 7) is 2.04. The van der Waals surface area contributed by atoms with E-state index in [4.69, 9.17) is 11.6 Å². The fourth-order valence-corrected chi connectivity index (χ4v) is 3.04. The predicted octanol–water partition coefficient (Wildman–Crippen LogP) is 5.14. The minimum atomic E-state index is -0.369. The fraction of sp³-hybridized carbons (Fsp3) is 0.0714. The van der Waals surface area contributed by atoms with Gasteiger partial charge >= 0.3 is 0 Å². The van der Waals surface area contributed by atoms with Crippen LogP contribution in [0.4, 0.5) is 15.2 Å². The molecule has 3 rings (SSSR count). The van der Waals surface area contributed by atoms with E-state index in [2.05, 4.69) is 16.4 Å². The van der Waals surface area contributed by atoms with E-state index in [1.165, 1.54) is 29.0 Å². The first-order chi connectivity index (χ1) is 9.10. The molecule has 3 aromatic rings. The van der Waals surface area contributed by atoms with E-state index >= 15 is 0 Å². The third-order valence-corrected chi connectivity index (χ3v) is 3.81. The molecule has 0 spiro atoms. The summed E-state index contributed by atoms with van der Waals surface area (Å²) in [4.78, 5) is 4.45. The average molecular weight is 293 g/mol. The number of nitrogens with zero attached hydrogens (tertiary/aromatic N) is 1. The van der Waals surface area contributed by atoms with Crippen LogP contribution in [-0.2, 0) is 0 Å². The van der Waals surface area contributed by atoms with E-state index in [0.29, 0.717) is 10.7 Å². The molecule has 0 saturated carbocycles. The Bertz CT molecular complexity index is 734. The first kappa shape index (κ1) is 12.4. The molecular formula is C14H10ClFN2S. The molecule has 2 nitrogen and oxygen atoms in total. The van der Waals surface area contributed by atoms with Gasteiger partial charge in [0, 0.05) is 10.7 Å². The molecule has 0 aliphatic carbocycles. The lowest BCUT2D eigenvalue weighted by atomic mass is 10.2. The third kappa shape index (κ3) is 2.69. The minimum absolute atomic E-state index is 0.361. The molecule has 0 unspecified atom stereocenters. The van der Waals surface area contributed by atoms with Crippen molar-refractivity contribution < 1.29 is 4.39 Å². The summed E-state index contributed by atoms with van der Waals surface area (Å²) in [6.07, 6.45) is 0. The lowest BCUT2D eigenvalue weighted by Gasteiger charge is -2.02. The van der Waals surface area contributed by atoms with Crippen molar-refractivity contribution in [3.63, 3.8) is 0 Å². The van der Waals surface area contributed by atoms with Crippen molar-refractivity contribution in [2.45, 2.75) is 6.92 Å². The van der Waals surface area contributed by atoms with E-state index < -0.39 is 0 Å². The van der Waals surface area contributed by atoms with Gasteiger partial charge in [0.2, 0.25) is 0 Å². The summed E-state index contributed by atoms with van der Waals surface area (Å²) in [5.74, 6) is -0.369. The number of anilines is 2. The molecule has 2 aromatic carbocycles. The Balaban J connectivity index is 1.96. The molecular weight excluding hydrogens is 283 g/mol. The summed E-state index contributed by atoms with van der Waals surface area (Å²) in [5, 5.41) is 4.16. The highest BCUT2D eigenvalue weighted by Crippen LogP contribution is 2.30. The Morgan fingerprint density at radius 1 is 1.21 bits per heavy atom. The van der Waals surface area contributed by atoms with Gasteiger partial charge in [-0.15, -0.1) is 0 Å². The van der Waals surface area contributed by atoms with Crippen LogP contribution in [0, 0.1) is 12.7 Å². The quantitative estimate of drug-likeness (QED) is 0.707. The van der Waals surface area contributed by atoms with Crippen molar-refractivity contribution in [2.75, 3.05) is 5.32 Å². The fourth-order valence-electron chi connectivity index (χ4n) is 1.83. The number of rotatable bonds is 2. The second-order valence-corrected chi connectivity index (χ2v) is 5.74. The van der Waals surface area contributed by atoms with Crippen LogP contribution in [0.5, 0.6) is 0 Å². The molecule has 0 amide bonds. The van der Waals surface area contributed by atoms with E-state index in [0.717, 1.165) is 15.3 Å². The molecule has 0 atom stereocenters. The molecule has 0 aliphatic rings. The Morgan fingerprint density at radius 2 is 2.05 bits per heavy atom. The number of hydrogen-bond acceptors (Lipinski definition) is 3. The highest BCUT2D eigenvalue weighted by Gasteiger charge is 2.05. The third-order valence-electron chi connectivity index (χ3n) is 2.66. The van der Waals surface area contributed by atoms with Crippen molar-refractivity contribution in [2.24, 2.45) is 0 Å². The smallest absolute Gasteiger partial charge is 0.188 e. The molecule has 96 valence electrons. The molecule has 1 aromatic heterocycles. The number of nitrogens with one attached hydrogen (secondary N) is 1. The number of fused-ring (bicyclic) bond motifs is 1. The normalized spacial score (nSPS) is 10.9. The first-order valence-electron chi connectivity index (χ1n) is 5.70. The van der Waals surface area contributed by atoms with Gasteiger partial charge in [-0.1, -0.05) is 29.0 Å². The molecule has 0 fully saturated rings. The van der Waals surface area contributed by atoms with Gasteiger partial charge in [0.25, 0.3) is 0 Å².